The summed E-state index contributed by atoms with van der Waals surface area (Å²) in [7, 11) is 0. The molecule has 1 aliphatic carbocycles. The predicted octanol–water partition coefficient (Wildman–Crippen LogP) is 4.13. The van der Waals surface area contributed by atoms with E-state index in [1.54, 1.807) is 36.4 Å². The van der Waals surface area contributed by atoms with Crippen LogP contribution in [-0.2, 0) is 0 Å². The van der Waals surface area contributed by atoms with Gasteiger partial charge in [0.05, 0.1) is 22.3 Å². The van der Waals surface area contributed by atoms with Crippen molar-refractivity contribution in [3.8, 4) is 0 Å². The molecule has 0 radical (unpaired) electrons. The zero-order valence-corrected chi connectivity index (χ0v) is 14.7. The lowest BCUT2D eigenvalue weighted by Gasteiger charge is -2.10. The standard InChI is InChI=1S/C21H18N2O4/c1-12(24)23-11-17(15-4-2-3-5-19(15)23)20(25)22-18-9-8-14(13-6-7-13)10-16(18)21(26)27/h2-5,8-11,13H,6-7H2,1H3,(H,22,25)(H,26,27). The number of hydrogen-bond acceptors (Lipinski definition) is 3. The molecule has 1 aliphatic rings. The molecule has 0 atom stereocenters. The summed E-state index contributed by atoms with van der Waals surface area (Å²) in [5, 5.41) is 12.9. The monoisotopic (exact) mass is 362 g/mol. The minimum Gasteiger partial charge on any atom is -0.478 e. The number of amides is 1. The lowest BCUT2D eigenvalue weighted by molar-refractivity contribution is 0.0697. The topological polar surface area (TPSA) is 88.4 Å². The molecule has 1 heterocycles. The van der Waals surface area contributed by atoms with E-state index in [0.29, 0.717) is 22.4 Å². The maximum atomic E-state index is 12.8. The van der Waals surface area contributed by atoms with E-state index < -0.39 is 11.9 Å². The van der Waals surface area contributed by atoms with Crippen molar-refractivity contribution >= 4 is 34.4 Å². The highest BCUT2D eigenvalue weighted by molar-refractivity contribution is 6.15. The minimum absolute atomic E-state index is 0.0723. The number of carboxylic acids is 1. The number of nitrogens with zero attached hydrogens (tertiary/aromatic N) is 1. The molecule has 2 N–H and O–H groups in total. The van der Waals surface area contributed by atoms with E-state index in [-0.39, 0.29) is 17.2 Å². The number of carboxylic acid groups (broad SMARTS) is 1. The van der Waals surface area contributed by atoms with Crippen molar-refractivity contribution in [2.75, 3.05) is 5.32 Å². The van der Waals surface area contributed by atoms with Crippen molar-refractivity contribution in [3.63, 3.8) is 0 Å². The molecule has 0 aliphatic heterocycles. The molecule has 0 unspecified atom stereocenters. The molecule has 1 fully saturated rings. The summed E-state index contributed by atoms with van der Waals surface area (Å²) >= 11 is 0. The number of benzene rings is 2. The van der Waals surface area contributed by atoms with Crippen LogP contribution in [0.25, 0.3) is 10.9 Å². The van der Waals surface area contributed by atoms with Gasteiger partial charge in [-0.2, -0.15) is 0 Å². The van der Waals surface area contributed by atoms with E-state index in [2.05, 4.69) is 5.32 Å². The van der Waals surface area contributed by atoms with Crippen molar-refractivity contribution in [2.45, 2.75) is 25.7 Å². The van der Waals surface area contributed by atoms with Gasteiger partial charge in [-0.05, 0) is 42.5 Å². The van der Waals surface area contributed by atoms with Crippen LogP contribution in [0.3, 0.4) is 0 Å². The molecule has 0 saturated heterocycles. The van der Waals surface area contributed by atoms with E-state index in [4.69, 9.17) is 0 Å². The van der Waals surface area contributed by atoms with E-state index in [1.165, 1.54) is 17.7 Å². The first kappa shape index (κ1) is 17.0. The molecule has 27 heavy (non-hydrogen) atoms. The van der Waals surface area contributed by atoms with Gasteiger partial charge in [0.1, 0.15) is 0 Å². The third-order valence-corrected chi connectivity index (χ3v) is 4.87. The molecule has 0 spiro atoms. The van der Waals surface area contributed by atoms with Crippen LogP contribution in [0.2, 0.25) is 0 Å². The maximum absolute atomic E-state index is 12.8. The second-order valence-electron chi connectivity index (χ2n) is 6.79. The molecular formula is C21H18N2O4. The summed E-state index contributed by atoms with van der Waals surface area (Å²) in [6.45, 7) is 1.42. The quantitative estimate of drug-likeness (QED) is 0.730. The van der Waals surface area contributed by atoms with E-state index in [9.17, 15) is 19.5 Å². The number of carbonyl (C=O) groups is 3. The first-order chi connectivity index (χ1) is 13.0. The fourth-order valence-corrected chi connectivity index (χ4v) is 3.33. The fraction of sp³-hybridized carbons (Fsp3) is 0.190. The fourth-order valence-electron chi connectivity index (χ4n) is 3.33. The van der Waals surface area contributed by atoms with E-state index >= 15 is 0 Å². The van der Waals surface area contributed by atoms with Crippen LogP contribution in [0, 0.1) is 0 Å². The minimum atomic E-state index is -1.08. The van der Waals surface area contributed by atoms with Crippen LogP contribution in [0.15, 0.2) is 48.7 Å². The highest BCUT2D eigenvalue weighted by Crippen LogP contribution is 2.41. The number of aromatic carboxylic acids is 1. The van der Waals surface area contributed by atoms with Gasteiger partial charge in [0.25, 0.3) is 5.91 Å². The van der Waals surface area contributed by atoms with Crippen LogP contribution >= 0.6 is 0 Å². The van der Waals surface area contributed by atoms with Gasteiger partial charge in [0.2, 0.25) is 5.91 Å². The Labute approximate surface area is 155 Å². The molecule has 4 rings (SSSR count). The molecule has 1 saturated carbocycles. The van der Waals surface area contributed by atoms with Crippen molar-refractivity contribution < 1.29 is 19.5 Å². The highest BCUT2D eigenvalue weighted by Gasteiger charge is 2.26. The van der Waals surface area contributed by atoms with Gasteiger partial charge in [0, 0.05) is 18.5 Å². The van der Waals surface area contributed by atoms with Crippen LogP contribution in [0.5, 0.6) is 0 Å². The largest absolute Gasteiger partial charge is 0.478 e. The normalized spacial score (nSPS) is 13.5. The molecule has 6 heteroatoms. The number of aromatic nitrogens is 1. The first-order valence-electron chi connectivity index (χ1n) is 8.75. The lowest BCUT2D eigenvalue weighted by Crippen LogP contribution is -2.15. The van der Waals surface area contributed by atoms with Crippen LogP contribution in [0.1, 0.15) is 56.8 Å². The Morgan fingerprint density at radius 1 is 1.07 bits per heavy atom. The lowest BCUT2D eigenvalue weighted by atomic mass is 10.0. The van der Waals surface area contributed by atoms with Crippen LogP contribution < -0.4 is 5.32 Å². The summed E-state index contributed by atoms with van der Waals surface area (Å²) in [6, 6.07) is 12.2. The first-order valence-corrected chi connectivity index (χ1v) is 8.75. The Morgan fingerprint density at radius 3 is 2.48 bits per heavy atom. The molecule has 6 nitrogen and oxygen atoms in total. The number of rotatable bonds is 4. The molecular weight excluding hydrogens is 344 g/mol. The zero-order chi connectivity index (χ0) is 19.1. The average molecular weight is 362 g/mol. The van der Waals surface area contributed by atoms with E-state index in [1.807, 2.05) is 6.07 Å². The zero-order valence-electron chi connectivity index (χ0n) is 14.7. The molecule has 1 aromatic heterocycles. The average Bonchev–Trinajstić information content (AvgIpc) is 3.41. The van der Waals surface area contributed by atoms with Crippen molar-refractivity contribution in [3.05, 3.63) is 65.4 Å². The van der Waals surface area contributed by atoms with Crippen molar-refractivity contribution in [1.29, 1.82) is 0 Å². The summed E-state index contributed by atoms with van der Waals surface area (Å²) in [6.07, 6.45) is 3.62. The number of nitrogens with one attached hydrogen (secondary N) is 1. The Kier molecular flexibility index (Phi) is 4.03. The SMILES string of the molecule is CC(=O)n1cc(C(=O)Nc2ccc(C3CC3)cc2C(=O)O)c2ccccc21. The second kappa shape index (κ2) is 6.39. The maximum Gasteiger partial charge on any atom is 0.337 e. The third-order valence-electron chi connectivity index (χ3n) is 4.87. The Hall–Kier alpha value is -3.41. The summed E-state index contributed by atoms with van der Waals surface area (Å²) in [5.41, 5.74) is 2.26. The van der Waals surface area contributed by atoms with Gasteiger partial charge in [-0.25, -0.2) is 4.79 Å². The Bertz CT molecular complexity index is 1090. The molecule has 3 aromatic rings. The van der Waals surface area contributed by atoms with Crippen molar-refractivity contribution in [2.24, 2.45) is 0 Å². The van der Waals surface area contributed by atoms with Gasteiger partial charge in [-0.3, -0.25) is 14.2 Å². The summed E-state index contributed by atoms with van der Waals surface area (Å²) in [4.78, 5) is 36.3. The second-order valence-corrected chi connectivity index (χ2v) is 6.79. The number of hydrogen-bond donors (Lipinski definition) is 2. The summed E-state index contributed by atoms with van der Waals surface area (Å²) in [5.74, 6) is -1.32. The third kappa shape index (κ3) is 3.10. The molecule has 2 aromatic carbocycles. The van der Waals surface area contributed by atoms with Gasteiger partial charge < -0.3 is 10.4 Å². The van der Waals surface area contributed by atoms with Crippen LogP contribution in [0.4, 0.5) is 5.69 Å². The van der Waals surface area contributed by atoms with Crippen molar-refractivity contribution in [1.82, 2.24) is 4.57 Å². The molecule has 1 amide bonds. The number of carbonyl (C=O) groups excluding carboxylic acids is 2. The van der Waals surface area contributed by atoms with E-state index in [0.717, 1.165) is 18.4 Å². The Morgan fingerprint density at radius 2 is 1.81 bits per heavy atom. The summed E-state index contributed by atoms with van der Waals surface area (Å²) < 4.78 is 1.42. The van der Waals surface area contributed by atoms with Gasteiger partial charge >= 0.3 is 5.97 Å². The number of fused-ring (bicyclic) bond motifs is 1. The number of anilines is 1. The molecule has 136 valence electrons. The van der Waals surface area contributed by atoms with Gasteiger partial charge in [-0.15, -0.1) is 0 Å². The van der Waals surface area contributed by atoms with Crippen LogP contribution in [-0.4, -0.2) is 27.5 Å². The molecule has 0 bridgehead atoms. The van der Waals surface area contributed by atoms with Gasteiger partial charge in [-0.1, -0.05) is 24.3 Å². The number of para-hydroxylation sites is 1. The predicted molar refractivity (Wildman–Crippen MR) is 102 cm³/mol. The highest BCUT2D eigenvalue weighted by atomic mass is 16.4. The smallest absolute Gasteiger partial charge is 0.337 e. The Balaban J connectivity index is 1.72. The van der Waals surface area contributed by atoms with Gasteiger partial charge in [0.15, 0.2) is 0 Å².